The molecule has 0 saturated carbocycles. The molecule has 190 valence electrons. The van der Waals surface area contributed by atoms with Crippen LogP contribution in [0.3, 0.4) is 0 Å². The van der Waals surface area contributed by atoms with E-state index in [4.69, 9.17) is 9.47 Å². The van der Waals surface area contributed by atoms with Crippen molar-refractivity contribution in [3.63, 3.8) is 0 Å². The van der Waals surface area contributed by atoms with Crippen LogP contribution in [0, 0.1) is 11.6 Å². The number of aromatic nitrogens is 3. The average molecular weight is 496 g/mol. The van der Waals surface area contributed by atoms with E-state index in [0.717, 1.165) is 30.7 Å². The normalized spacial score (nSPS) is 19.9. The maximum Gasteiger partial charge on any atom is 0.178 e. The first kappa shape index (κ1) is 24.4. The first-order chi connectivity index (χ1) is 17.3. The van der Waals surface area contributed by atoms with Crippen LogP contribution < -0.4 is 14.5 Å². The molecular weight excluding hydrogens is 464 g/mol. The second kappa shape index (κ2) is 9.97. The van der Waals surface area contributed by atoms with Crippen LogP contribution in [0.5, 0.6) is 5.75 Å². The van der Waals surface area contributed by atoms with Gasteiger partial charge in [0.05, 0.1) is 48.9 Å². The van der Waals surface area contributed by atoms with Crippen molar-refractivity contribution >= 4 is 11.4 Å². The molecule has 0 aliphatic carbocycles. The molecule has 1 fully saturated rings. The van der Waals surface area contributed by atoms with E-state index in [-0.39, 0.29) is 29.7 Å². The zero-order chi connectivity index (χ0) is 25.4. The number of anilines is 2. The first-order valence-electron chi connectivity index (χ1n) is 12.4. The molecule has 5 rings (SSSR count). The number of rotatable bonds is 5. The standard InChI is InChI=1S/C27H31F2N5O2/c1-16(2)34-7-8-35-27-22(28)9-19(10-24(27)34)26-23(29)13-31-25(32-26)11-20-5-6-21(12-30-20)33-14-17(3)36-18(4)15-33/h5-6,9-10,12-13,16-18H,7-8,11,14-15H2,1-4H3. The summed E-state index contributed by atoms with van der Waals surface area (Å²) in [6.07, 6.45) is 3.62. The van der Waals surface area contributed by atoms with E-state index in [1.807, 2.05) is 37.1 Å². The molecule has 3 aromatic rings. The molecule has 0 radical (unpaired) electrons. The third-order valence-electron chi connectivity index (χ3n) is 6.54. The van der Waals surface area contributed by atoms with Crippen molar-refractivity contribution in [1.82, 2.24) is 15.0 Å². The van der Waals surface area contributed by atoms with Gasteiger partial charge in [0.15, 0.2) is 17.4 Å². The lowest BCUT2D eigenvalue weighted by Crippen LogP contribution is -2.45. The van der Waals surface area contributed by atoms with E-state index in [9.17, 15) is 8.78 Å². The fraction of sp³-hybridized carbons (Fsp3) is 0.444. The molecule has 9 heteroatoms. The summed E-state index contributed by atoms with van der Waals surface area (Å²) in [6.45, 7) is 10.9. The Morgan fingerprint density at radius 1 is 1.03 bits per heavy atom. The lowest BCUT2D eigenvalue weighted by Gasteiger charge is -2.36. The van der Waals surface area contributed by atoms with E-state index in [2.05, 4.69) is 33.7 Å². The number of halogens is 2. The number of pyridine rings is 1. The van der Waals surface area contributed by atoms with Crippen LogP contribution in [0.25, 0.3) is 11.3 Å². The van der Waals surface area contributed by atoms with Gasteiger partial charge in [-0.2, -0.15) is 0 Å². The highest BCUT2D eigenvalue weighted by molar-refractivity contribution is 5.72. The summed E-state index contributed by atoms with van der Waals surface area (Å²) in [5, 5.41) is 0. The second-order valence-corrected chi connectivity index (χ2v) is 9.77. The van der Waals surface area contributed by atoms with E-state index in [1.54, 1.807) is 6.07 Å². The van der Waals surface area contributed by atoms with Crippen LogP contribution >= 0.6 is 0 Å². The average Bonchev–Trinajstić information content (AvgIpc) is 2.84. The van der Waals surface area contributed by atoms with Gasteiger partial charge in [0.2, 0.25) is 0 Å². The zero-order valence-electron chi connectivity index (χ0n) is 21.0. The molecule has 4 heterocycles. The van der Waals surface area contributed by atoms with Gasteiger partial charge in [-0.05, 0) is 52.0 Å². The molecule has 1 saturated heterocycles. The summed E-state index contributed by atoms with van der Waals surface area (Å²) in [7, 11) is 0. The molecule has 36 heavy (non-hydrogen) atoms. The van der Waals surface area contributed by atoms with E-state index in [0.29, 0.717) is 36.6 Å². The minimum atomic E-state index is -0.607. The molecular formula is C27H31F2N5O2. The van der Waals surface area contributed by atoms with E-state index < -0.39 is 11.6 Å². The van der Waals surface area contributed by atoms with Gasteiger partial charge >= 0.3 is 0 Å². The van der Waals surface area contributed by atoms with Gasteiger partial charge in [0.25, 0.3) is 0 Å². The fourth-order valence-corrected chi connectivity index (χ4v) is 4.93. The molecule has 2 aromatic heterocycles. The highest BCUT2D eigenvalue weighted by Crippen LogP contribution is 2.39. The van der Waals surface area contributed by atoms with Crippen molar-refractivity contribution in [2.45, 2.75) is 52.4 Å². The van der Waals surface area contributed by atoms with Gasteiger partial charge in [-0.3, -0.25) is 4.98 Å². The Morgan fingerprint density at radius 3 is 2.50 bits per heavy atom. The van der Waals surface area contributed by atoms with Gasteiger partial charge in [-0.15, -0.1) is 0 Å². The number of benzene rings is 1. The Bertz CT molecular complexity index is 1230. The number of hydrogen-bond acceptors (Lipinski definition) is 7. The largest absolute Gasteiger partial charge is 0.486 e. The van der Waals surface area contributed by atoms with Gasteiger partial charge in [-0.1, -0.05) is 0 Å². The number of hydrogen-bond donors (Lipinski definition) is 0. The van der Waals surface area contributed by atoms with Crippen molar-refractivity contribution in [1.29, 1.82) is 0 Å². The maximum atomic E-state index is 14.9. The summed E-state index contributed by atoms with van der Waals surface area (Å²) in [5.41, 5.74) is 2.81. The number of fused-ring (bicyclic) bond motifs is 1. The van der Waals surface area contributed by atoms with Crippen molar-refractivity contribution < 1.29 is 18.3 Å². The third-order valence-corrected chi connectivity index (χ3v) is 6.54. The highest BCUT2D eigenvalue weighted by atomic mass is 19.1. The zero-order valence-corrected chi connectivity index (χ0v) is 21.0. The van der Waals surface area contributed by atoms with Crippen molar-refractivity contribution in [2.24, 2.45) is 0 Å². The van der Waals surface area contributed by atoms with Crippen LogP contribution in [0.1, 0.15) is 39.2 Å². The molecule has 1 aromatic carbocycles. The Kier molecular flexibility index (Phi) is 6.75. The smallest absolute Gasteiger partial charge is 0.178 e. The fourth-order valence-electron chi connectivity index (χ4n) is 4.93. The topological polar surface area (TPSA) is 63.6 Å². The van der Waals surface area contributed by atoms with Gasteiger partial charge in [0.1, 0.15) is 18.1 Å². The highest BCUT2D eigenvalue weighted by Gasteiger charge is 2.26. The predicted octanol–water partition coefficient (Wildman–Crippen LogP) is 4.63. The molecule has 0 N–H and O–H groups in total. The maximum absolute atomic E-state index is 14.9. The van der Waals surface area contributed by atoms with Crippen molar-refractivity contribution in [3.8, 4) is 17.0 Å². The monoisotopic (exact) mass is 495 g/mol. The van der Waals surface area contributed by atoms with Crippen LogP contribution in [0.4, 0.5) is 20.2 Å². The SMILES string of the molecule is CC1CN(c2ccc(Cc3ncc(F)c(-c4cc(F)c5c(c4)N(C(C)C)CCO5)n3)nc2)CC(C)O1. The quantitative estimate of drug-likeness (QED) is 0.512. The molecule has 0 spiro atoms. The first-order valence-corrected chi connectivity index (χ1v) is 12.4. The summed E-state index contributed by atoms with van der Waals surface area (Å²) in [4.78, 5) is 17.5. The Morgan fingerprint density at radius 2 is 1.81 bits per heavy atom. The summed E-state index contributed by atoms with van der Waals surface area (Å²) >= 11 is 0. The van der Waals surface area contributed by atoms with Crippen LogP contribution in [0.2, 0.25) is 0 Å². The minimum Gasteiger partial charge on any atom is -0.486 e. The minimum absolute atomic E-state index is 0.0592. The molecule has 2 unspecified atom stereocenters. The Labute approximate surface area is 210 Å². The summed E-state index contributed by atoms with van der Waals surface area (Å²) in [6, 6.07) is 7.12. The number of ether oxygens (including phenoxy) is 2. The second-order valence-electron chi connectivity index (χ2n) is 9.77. The predicted molar refractivity (Wildman–Crippen MR) is 135 cm³/mol. The van der Waals surface area contributed by atoms with Crippen LogP contribution in [-0.2, 0) is 11.2 Å². The summed E-state index contributed by atoms with van der Waals surface area (Å²) < 4.78 is 41.1. The lowest BCUT2D eigenvalue weighted by atomic mass is 10.1. The van der Waals surface area contributed by atoms with Crippen molar-refractivity contribution in [2.75, 3.05) is 36.0 Å². The van der Waals surface area contributed by atoms with Crippen LogP contribution in [0.15, 0.2) is 36.7 Å². The number of nitrogens with zero attached hydrogens (tertiary/aromatic N) is 5. The molecule has 2 aliphatic heterocycles. The van der Waals surface area contributed by atoms with Gasteiger partial charge in [0, 0.05) is 30.4 Å². The molecule has 2 atom stereocenters. The Hall–Kier alpha value is -3.33. The molecule has 0 bridgehead atoms. The van der Waals surface area contributed by atoms with Crippen LogP contribution in [-0.4, -0.2) is 59.4 Å². The molecule has 0 amide bonds. The third kappa shape index (κ3) is 4.97. The molecule has 7 nitrogen and oxygen atoms in total. The van der Waals surface area contributed by atoms with E-state index >= 15 is 0 Å². The lowest BCUT2D eigenvalue weighted by molar-refractivity contribution is -0.00523. The number of morpholine rings is 1. The molecule has 2 aliphatic rings. The Balaban J connectivity index is 1.39. The van der Waals surface area contributed by atoms with Gasteiger partial charge in [-0.25, -0.2) is 18.7 Å². The van der Waals surface area contributed by atoms with E-state index in [1.165, 1.54) is 6.07 Å². The van der Waals surface area contributed by atoms with Gasteiger partial charge < -0.3 is 19.3 Å². The van der Waals surface area contributed by atoms with Crippen molar-refractivity contribution in [3.05, 3.63) is 59.8 Å². The summed E-state index contributed by atoms with van der Waals surface area (Å²) in [5.74, 6) is -0.529.